The van der Waals surface area contributed by atoms with Crippen LogP contribution in [0, 0.1) is 0 Å². The normalized spacial score (nSPS) is 9.67. The Bertz CT molecular complexity index is 371. The number of aldehydes is 1. The van der Waals surface area contributed by atoms with Gasteiger partial charge in [0.2, 0.25) is 0 Å². The van der Waals surface area contributed by atoms with E-state index in [1.165, 1.54) is 18.2 Å². The number of aromatic hydroxyl groups is 1. The summed E-state index contributed by atoms with van der Waals surface area (Å²) in [5.41, 5.74) is 0.351. The van der Waals surface area contributed by atoms with Gasteiger partial charge in [-0.2, -0.15) is 0 Å². The third-order valence-electron chi connectivity index (χ3n) is 1.81. The molecule has 0 spiro atoms. The Labute approximate surface area is 87.5 Å². The van der Waals surface area contributed by atoms with Crippen LogP contribution in [0.25, 0.3) is 0 Å². The molecule has 1 aromatic rings. The molecule has 0 fully saturated rings. The van der Waals surface area contributed by atoms with Gasteiger partial charge >= 0.3 is 5.97 Å². The lowest BCUT2D eigenvalue weighted by atomic mass is 10.1. The predicted octanol–water partition coefficient (Wildman–Crippen LogP) is 1.77. The molecule has 0 saturated carbocycles. The van der Waals surface area contributed by atoms with Gasteiger partial charge in [-0.15, -0.1) is 0 Å². The molecule has 0 radical (unpaired) electrons. The Morgan fingerprint density at radius 2 is 2.27 bits per heavy atom. The maximum atomic E-state index is 11.4. The summed E-state index contributed by atoms with van der Waals surface area (Å²) < 4.78 is 4.84. The smallest absolute Gasteiger partial charge is 0.341 e. The van der Waals surface area contributed by atoms with Crippen LogP contribution in [-0.2, 0) is 4.74 Å². The lowest BCUT2D eigenvalue weighted by Gasteiger charge is -2.05. The first-order chi connectivity index (χ1) is 7.19. The largest absolute Gasteiger partial charge is 0.507 e. The van der Waals surface area contributed by atoms with Gasteiger partial charge < -0.3 is 9.84 Å². The quantitative estimate of drug-likeness (QED) is 0.605. The molecule has 0 aliphatic carbocycles. The molecule has 0 bridgehead atoms. The van der Waals surface area contributed by atoms with Crippen molar-refractivity contribution in [1.29, 1.82) is 0 Å². The first-order valence-corrected chi connectivity index (χ1v) is 4.64. The Hall–Kier alpha value is -1.84. The van der Waals surface area contributed by atoms with Crippen molar-refractivity contribution in [3.05, 3.63) is 29.3 Å². The molecule has 0 aliphatic rings. The van der Waals surface area contributed by atoms with E-state index in [1.54, 1.807) is 0 Å². The minimum absolute atomic E-state index is 0.0213. The van der Waals surface area contributed by atoms with Crippen molar-refractivity contribution in [1.82, 2.24) is 0 Å². The summed E-state index contributed by atoms with van der Waals surface area (Å²) in [7, 11) is 0. The highest BCUT2D eigenvalue weighted by Gasteiger charge is 2.12. The zero-order valence-electron chi connectivity index (χ0n) is 8.40. The van der Waals surface area contributed by atoms with E-state index in [0.29, 0.717) is 24.9 Å². The van der Waals surface area contributed by atoms with Crippen LogP contribution >= 0.6 is 0 Å². The molecule has 1 aromatic carbocycles. The third-order valence-corrected chi connectivity index (χ3v) is 1.81. The van der Waals surface area contributed by atoms with Crippen molar-refractivity contribution in [2.24, 2.45) is 0 Å². The molecule has 15 heavy (non-hydrogen) atoms. The molecular formula is C11H12O4. The molecule has 1 N–H and O–H groups in total. The van der Waals surface area contributed by atoms with E-state index in [9.17, 15) is 14.7 Å². The lowest BCUT2D eigenvalue weighted by Crippen LogP contribution is -2.06. The highest BCUT2D eigenvalue weighted by molar-refractivity contribution is 5.94. The van der Waals surface area contributed by atoms with Gasteiger partial charge in [-0.05, 0) is 24.6 Å². The van der Waals surface area contributed by atoms with Crippen molar-refractivity contribution in [3.8, 4) is 5.75 Å². The first kappa shape index (κ1) is 11.2. The number of phenols is 1. The highest BCUT2D eigenvalue weighted by atomic mass is 16.5. The van der Waals surface area contributed by atoms with E-state index in [1.807, 2.05) is 6.92 Å². The molecule has 0 saturated heterocycles. The summed E-state index contributed by atoms with van der Waals surface area (Å²) >= 11 is 0. The molecule has 0 aromatic heterocycles. The molecule has 4 nitrogen and oxygen atoms in total. The minimum atomic E-state index is -0.613. The summed E-state index contributed by atoms with van der Waals surface area (Å²) in [6, 6.07) is 4.03. The van der Waals surface area contributed by atoms with E-state index in [2.05, 4.69) is 0 Å². The maximum absolute atomic E-state index is 11.4. The first-order valence-electron chi connectivity index (χ1n) is 4.64. The minimum Gasteiger partial charge on any atom is -0.507 e. The van der Waals surface area contributed by atoms with Gasteiger partial charge in [0.15, 0.2) is 0 Å². The monoisotopic (exact) mass is 208 g/mol. The standard InChI is InChI=1S/C11H12O4/c1-2-5-15-11(14)9-6-8(7-12)3-4-10(9)13/h3-4,6-7,13H,2,5H2,1H3. The molecule has 0 unspecified atom stereocenters. The molecule has 80 valence electrons. The SMILES string of the molecule is CCCOC(=O)c1cc(C=O)ccc1O. The van der Waals surface area contributed by atoms with Crippen LogP contribution < -0.4 is 0 Å². The number of carbonyl (C=O) groups excluding carboxylic acids is 2. The van der Waals surface area contributed by atoms with E-state index < -0.39 is 5.97 Å². The molecule has 0 atom stereocenters. The van der Waals surface area contributed by atoms with Crippen LogP contribution in [0.15, 0.2) is 18.2 Å². The van der Waals surface area contributed by atoms with Crippen molar-refractivity contribution in [2.45, 2.75) is 13.3 Å². The molecule has 0 aliphatic heterocycles. The topological polar surface area (TPSA) is 63.6 Å². The fourth-order valence-electron chi connectivity index (χ4n) is 1.06. The van der Waals surface area contributed by atoms with Crippen LogP contribution in [0.1, 0.15) is 34.1 Å². The van der Waals surface area contributed by atoms with Gasteiger partial charge in [0.25, 0.3) is 0 Å². The van der Waals surface area contributed by atoms with E-state index in [0.717, 1.165) is 0 Å². The summed E-state index contributed by atoms with van der Waals surface area (Å²) in [5, 5.41) is 9.38. The molecular weight excluding hydrogens is 196 g/mol. The second-order valence-corrected chi connectivity index (χ2v) is 3.03. The van der Waals surface area contributed by atoms with Crippen LogP contribution in [-0.4, -0.2) is 24.0 Å². The zero-order valence-corrected chi connectivity index (χ0v) is 8.40. The molecule has 0 amide bonds. The number of hydrogen-bond donors (Lipinski definition) is 1. The maximum Gasteiger partial charge on any atom is 0.341 e. The second kappa shape index (κ2) is 5.14. The Morgan fingerprint density at radius 3 is 2.87 bits per heavy atom. The van der Waals surface area contributed by atoms with E-state index >= 15 is 0 Å². The average molecular weight is 208 g/mol. The number of benzene rings is 1. The summed E-state index contributed by atoms with van der Waals surface area (Å²) in [5.74, 6) is -0.792. The van der Waals surface area contributed by atoms with Gasteiger partial charge in [0.1, 0.15) is 17.6 Å². The van der Waals surface area contributed by atoms with Crippen LogP contribution in [0.3, 0.4) is 0 Å². The van der Waals surface area contributed by atoms with Gasteiger partial charge in [0, 0.05) is 5.56 Å². The average Bonchev–Trinajstić information content (AvgIpc) is 2.26. The van der Waals surface area contributed by atoms with Gasteiger partial charge in [-0.25, -0.2) is 4.79 Å². The Morgan fingerprint density at radius 1 is 1.53 bits per heavy atom. The van der Waals surface area contributed by atoms with Crippen LogP contribution in [0.5, 0.6) is 5.75 Å². The molecule has 0 heterocycles. The summed E-state index contributed by atoms with van der Waals surface area (Å²) in [4.78, 5) is 21.9. The van der Waals surface area contributed by atoms with E-state index in [4.69, 9.17) is 4.74 Å². The fourth-order valence-corrected chi connectivity index (χ4v) is 1.06. The van der Waals surface area contributed by atoms with Gasteiger partial charge in [-0.3, -0.25) is 4.79 Å². The molecule has 1 rings (SSSR count). The lowest BCUT2D eigenvalue weighted by molar-refractivity contribution is 0.0502. The van der Waals surface area contributed by atoms with Crippen molar-refractivity contribution in [2.75, 3.05) is 6.61 Å². The zero-order chi connectivity index (χ0) is 11.3. The third kappa shape index (κ3) is 2.80. The number of ether oxygens (including phenoxy) is 1. The number of phenolic OH excluding ortho intramolecular Hbond substituents is 1. The number of carbonyl (C=O) groups is 2. The van der Waals surface area contributed by atoms with Crippen LogP contribution in [0.2, 0.25) is 0 Å². The number of esters is 1. The second-order valence-electron chi connectivity index (χ2n) is 3.03. The Kier molecular flexibility index (Phi) is 3.85. The fraction of sp³-hybridized carbons (Fsp3) is 0.273. The van der Waals surface area contributed by atoms with Crippen molar-refractivity contribution >= 4 is 12.3 Å². The Balaban J connectivity index is 2.91. The van der Waals surface area contributed by atoms with Crippen LogP contribution in [0.4, 0.5) is 0 Å². The predicted molar refractivity (Wildman–Crippen MR) is 54.1 cm³/mol. The highest BCUT2D eigenvalue weighted by Crippen LogP contribution is 2.18. The van der Waals surface area contributed by atoms with Crippen molar-refractivity contribution < 1.29 is 19.4 Å². The number of rotatable bonds is 4. The summed E-state index contributed by atoms with van der Waals surface area (Å²) in [6.45, 7) is 2.17. The number of hydrogen-bond acceptors (Lipinski definition) is 4. The van der Waals surface area contributed by atoms with Gasteiger partial charge in [-0.1, -0.05) is 6.92 Å². The van der Waals surface area contributed by atoms with E-state index in [-0.39, 0.29) is 11.3 Å². The molecule has 4 heteroatoms. The van der Waals surface area contributed by atoms with Crippen molar-refractivity contribution in [3.63, 3.8) is 0 Å². The van der Waals surface area contributed by atoms with Gasteiger partial charge in [0.05, 0.1) is 6.61 Å². The summed E-state index contributed by atoms with van der Waals surface area (Å²) in [6.07, 6.45) is 1.32.